The Morgan fingerprint density at radius 2 is 1.83 bits per heavy atom. The molecule has 0 radical (unpaired) electrons. The summed E-state index contributed by atoms with van der Waals surface area (Å²) in [5, 5.41) is 3.01. The van der Waals surface area contributed by atoms with Gasteiger partial charge in [0.1, 0.15) is 5.75 Å². The van der Waals surface area contributed by atoms with Crippen molar-refractivity contribution in [1.82, 2.24) is 10.2 Å². The van der Waals surface area contributed by atoms with Crippen molar-refractivity contribution in [2.75, 3.05) is 51.3 Å². The Labute approximate surface area is 146 Å². The molecule has 0 bridgehead atoms. The van der Waals surface area contributed by atoms with Gasteiger partial charge in [-0.05, 0) is 30.7 Å². The van der Waals surface area contributed by atoms with E-state index in [9.17, 15) is 4.79 Å². The molecule has 2 rings (SSSR count). The first-order valence-corrected chi connectivity index (χ1v) is 9.11. The van der Waals surface area contributed by atoms with Crippen molar-refractivity contribution < 1.29 is 9.53 Å². The number of hydrogen-bond donors (Lipinski definition) is 1. The van der Waals surface area contributed by atoms with Crippen molar-refractivity contribution in [1.29, 1.82) is 0 Å². The molecule has 1 saturated heterocycles. The molecule has 0 atom stereocenters. The topological polar surface area (TPSA) is 44.8 Å². The number of unbranched alkanes of at least 4 members (excludes halogenated alkanes) is 2. The summed E-state index contributed by atoms with van der Waals surface area (Å²) in [5.74, 6) is 1.08. The lowest BCUT2D eigenvalue weighted by Crippen LogP contribution is -2.47. The maximum absolute atomic E-state index is 11.8. The quantitative estimate of drug-likeness (QED) is 0.705. The predicted octanol–water partition coefficient (Wildman–Crippen LogP) is 2.51. The van der Waals surface area contributed by atoms with E-state index in [1.54, 1.807) is 7.11 Å². The van der Waals surface area contributed by atoms with Crippen LogP contribution in [0.1, 0.15) is 32.6 Å². The van der Waals surface area contributed by atoms with E-state index < -0.39 is 0 Å². The zero-order valence-electron chi connectivity index (χ0n) is 15.1. The van der Waals surface area contributed by atoms with Gasteiger partial charge in [0.2, 0.25) is 5.91 Å². The second-order valence-corrected chi connectivity index (χ2v) is 6.33. The molecule has 1 amide bonds. The third kappa shape index (κ3) is 6.04. The number of nitrogens with zero attached hydrogens (tertiary/aromatic N) is 2. The first-order valence-electron chi connectivity index (χ1n) is 9.11. The van der Waals surface area contributed by atoms with Crippen LogP contribution in [0.2, 0.25) is 0 Å². The van der Waals surface area contributed by atoms with Crippen LogP contribution in [0.3, 0.4) is 0 Å². The van der Waals surface area contributed by atoms with Gasteiger partial charge in [-0.2, -0.15) is 0 Å². The molecule has 5 heteroatoms. The Morgan fingerprint density at radius 3 is 2.46 bits per heavy atom. The van der Waals surface area contributed by atoms with Gasteiger partial charge in [0.05, 0.1) is 7.11 Å². The van der Waals surface area contributed by atoms with Crippen molar-refractivity contribution >= 4 is 11.6 Å². The van der Waals surface area contributed by atoms with Gasteiger partial charge >= 0.3 is 0 Å². The number of benzene rings is 1. The Hall–Kier alpha value is -1.75. The fraction of sp³-hybridized carbons (Fsp3) is 0.632. The summed E-state index contributed by atoms with van der Waals surface area (Å²) < 4.78 is 5.20. The number of amides is 1. The molecule has 1 fully saturated rings. The number of piperazine rings is 1. The van der Waals surface area contributed by atoms with Gasteiger partial charge < -0.3 is 15.0 Å². The minimum Gasteiger partial charge on any atom is -0.497 e. The van der Waals surface area contributed by atoms with Crippen molar-refractivity contribution in [3.8, 4) is 5.75 Å². The average molecular weight is 333 g/mol. The van der Waals surface area contributed by atoms with Crippen LogP contribution >= 0.6 is 0 Å². The summed E-state index contributed by atoms with van der Waals surface area (Å²) in [5.41, 5.74) is 1.24. The van der Waals surface area contributed by atoms with Gasteiger partial charge in [-0.15, -0.1) is 0 Å². The molecule has 5 nitrogen and oxygen atoms in total. The SMILES string of the molecule is CCCCCNC(=O)CCN1CCN(c2ccc(OC)cc2)CC1. The van der Waals surface area contributed by atoms with E-state index in [-0.39, 0.29) is 5.91 Å². The highest BCUT2D eigenvalue weighted by atomic mass is 16.5. The number of ether oxygens (including phenoxy) is 1. The molecular weight excluding hydrogens is 302 g/mol. The molecule has 0 saturated carbocycles. The van der Waals surface area contributed by atoms with E-state index >= 15 is 0 Å². The van der Waals surface area contributed by atoms with Gasteiger partial charge in [0, 0.05) is 51.4 Å². The normalized spacial score (nSPS) is 15.3. The van der Waals surface area contributed by atoms with Gasteiger partial charge in [-0.1, -0.05) is 19.8 Å². The van der Waals surface area contributed by atoms with E-state index in [4.69, 9.17) is 4.74 Å². The molecule has 134 valence electrons. The minimum atomic E-state index is 0.184. The van der Waals surface area contributed by atoms with E-state index in [0.717, 1.165) is 51.4 Å². The lowest BCUT2D eigenvalue weighted by Gasteiger charge is -2.36. The monoisotopic (exact) mass is 333 g/mol. The molecule has 1 aliphatic rings. The Kier molecular flexibility index (Phi) is 7.89. The molecular formula is C19H31N3O2. The summed E-state index contributed by atoms with van der Waals surface area (Å²) in [6.45, 7) is 7.88. The predicted molar refractivity (Wildman–Crippen MR) is 98.8 cm³/mol. The zero-order chi connectivity index (χ0) is 17.2. The first kappa shape index (κ1) is 18.6. The maximum atomic E-state index is 11.8. The van der Waals surface area contributed by atoms with Crippen LogP contribution in [0.4, 0.5) is 5.69 Å². The third-order valence-corrected chi connectivity index (χ3v) is 4.57. The summed E-state index contributed by atoms with van der Waals surface area (Å²) >= 11 is 0. The zero-order valence-corrected chi connectivity index (χ0v) is 15.1. The van der Waals surface area contributed by atoms with Crippen LogP contribution in [0.5, 0.6) is 5.75 Å². The highest BCUT2D eigenvalue weighted by Crippen LogP contribution is 2.20. The molecule has 1 aromatic rings. The molecule has 1 aliphatic heterocycles. The van der Waals surface area contributed by atoms with E-state index in [1.807, 2.05) is 12.1 Å². The van der Waals surface area contributed by atoms with Crippen LogP contribution in [0.15, 0.2) is 24.3 Å². The Morgan fingerprint density at radius 1 is 1.12 bits per heavy atom. The molecule has 1 N–H and O–H groups in total. The summed E-state index contributed by atoms with van der Waals surface area (Å²) in [6, 6.07) is 8.23. The number of hydrogen-bond acceptors (Lipinski definition) is 4. The van der Waals surface area contributed by atoms with Gasteiger partial charge in [-0.25, -0.2) is 0 Å². The second kappa shape index (κ2) is 10.2. The Bertz CT molecular complexity index is 482. The van der Waals surface area contributed by atoms with Gasteiger partial charge in [0.25, 0.3) is 0 Å². The fourth-order valence-corrected chi connectivity index (χ4v) is 2.97. The first-order chi connectivity index (χ1) is 11.7. The number of anilines is 1. The van der Waals surface area contributed by atoms with E-state index in [2.05, 4.69) is 34.2 Å². The average Bonchev–Trinajstić information content (AvgIpc) is 2.64. The smallest absolute Gasteiger partial charge is 0.221 e. The van der Waals surface area contributed by atoms with Crippen LogP contribution in [0.25, 0.3) is 0 Å². The fourth-order valence-electron chi connectivity index (χ4n) is 2.97. The number of nitrogens with one attached hydrogen (secondary N) is 1. The highest BCUT2D eigenvalue weighted by molar-refractivity contribution is 5.76. The standard InChI is InChI=1S/C19H31N3O2/c1-3-4-5-11-20-19(23)10-12-21-13-15-22(16-14-21)17-6-8-18(24-2)9-7-17/h6-9H,3-5,10-16H2,1-2H3,(H,20,23). The lowest BCUT2D eigenvalue weighted by molar-refractivity contribution is -0.121. The maximum Gasteiger partial charge on any atom is 0.221 e. The van der Waals surface area contributed by atoms with Crippen molar-refractivity contribution in [2.45, 2.75) is 32.6 Å². The van der Waals surface area contributed by atoms with Crippen LogP contribution < -0.4 is 15.0 Å². The number of carbonyl (C=O) groups excluding carboxylic acids is 1. The lowest BCUT2D eigenvalue weighted by atomic mass is 10.2. The second-order valence-electron chi connectivity index (χ2n) is 6.33. The van der Waals surface area contributed by atoms with Gasteiger partial charge in [-0.3, -0.25) is 9.69 Å². The summed E-state index contributed by atoms with van der Waals surface area (Å²) in [7, 11) is 1.69. The van der Waals surface area contributed by atoms with Crippen molar-refractivity contribution in [3.63, 3.8) is 0 Å². The van der Waals surface area contributed by atoms with Gasteiger partial charge in [0.15, 0.2) is 0 Å². The van der Waals surface area contributed by atoms with E-state index in [1.165, 1.54) is 18.5 Å². The highest BCUT2D eigenvalue weighted by Gasteiger charge is 2.17. The number of methoxy groups -OCH3 is 1. The largest absolute Gasteiger partial charge is 0.497 e. The van der Waals surface area contributed by atoms with Crippen LogP contribution in [0, 0.1) is 0 Å². The minimum absolute atomic E-state index is 0.184. The number of rotatable bonds is 9. The Balaban J connectivity index is 1.64. The van der Waals surface area contributed by atoms with Crippen LogP contribution in [-0.4, -0.2) is 57.2 Å². The third-order valence-electron chi connectivity index (χ3n) is 4.57. The number of carbonyl (C=O) groups is 1. The molecule has 0 unspecified atom stereocenters. The van der Waals surface area contributed by atoms with Crippen molar-refractivity contribution in [2.24, 2.45) is 0 Å². The molecule has 24 heavy (non-hydrogen) atoms. The summed E-state index contributed by atoms with van der Waals surface area (Å²) in [6.07, 6.45) is 4.07. The van der Waals surface area contributed by atoms with Crippen LogP contribution in [-0.2, 0) is 4.79 Å². The summed E-state index contributed by atoms with van der Waals surface area (Å²) in [4.78, 5) is 16.6. The van der Waals surface area contributed by atoms with E-state index in [0.29, 0.717) is 6.42 Å². The molecule has 0 aliphatic carbocycles. The molecule has 1 aromatic carbocycles. The van der Waals surface area contributed by atoms with Crippen molar-refractivity contribution in [3.05, 3.63) is 24.3 Å². The molecule has 0 aromatic heterocycles. The molecule has 1 heterocycles. The molecule has 0 spiro atoms.